The first-order valence-electron chi connectivity index (χ1n) is 9.31. The number of ether oxygens (including phenoxy) is 1. The molecule has 0 aliphatic carbocycles. The van der Waals surface area contributed by atoms with Gasteiger partial charge in [-0.2, -0.15) is 0 Å². The van der Waals surface area contributed by atoms with Crippen LogP contribution in [0.25, 0.3) is 0 Å². The minimum Gasteiger partial charge on any atom is -0.495 e. The summed E-state index contributed by atoms with van der Waals surface area (Å²) in [6.45, 7) is 6.05. The standard InChI is InChI=1S/C21H24N4O2S2/c1-5-15-10-8-9-13(2)18(15)23-20-24-25-21(29-20)28-14(3)19(26)22-16-11-6-7-12-17(16)27-4/h6-12,14H,5H2,1-4H3,(H,22,26)(H,23,24). The van der Waals surface area contributed by atoms with Crippen molar-refractivity contribution in [3.8, 4) is 5.75 Å². The van der Waals surface area contributed by atoms with E-state index in [-0.39, 0.29) is 11.2 Å². The van der Waals surface area contributed by atoms with Gasteiger partial charge in [0.2, 0.25) is 11.0 Å². The van der Waals surface area contributed by atoms with Crippen LogP contribution in [-0.4, -0.2) is 28.5 Å². The fourth-order valence-corrected chi connectivity index (χ4v) is 4.70. The Labute approximate surface area is 179 Å². The summed E-state index contributed by atoms with van der Waals surface area (Å²) in [7, 11) is 1.58. The summed E-state index contributed by atoms with van der Waals surface area (Å²) in [5.41, 5.74) is 4.13. The van der Waals surface area contributed by atoms with E-state index in [1.165, 1.54) is 34.2 Å². The highest BCUT2D eigenvalue weighted by Crippen LogP contribution is 2.33. The summed E-state index contributed by atoms with van der Waals surface area (Å²) < 4.78 is 6.02. The average molecular weight is 429 g/mol. The number of aromatic nitrogens is 2. The zero-order chi connectivity index (χ0) is 20.8. The molecule has 3 aromatic rings. The van der Waals surface area contributed by atoms with Crippen LogP contribution in [-0.2, 0) is 11.2 Å². The second-order valence-corrected chi connectivity index (χ2v) is 8.98. The number of rotatable bonds is 8. The van der Waals surface area contributed by atoms with Crippen LogP contribution in [0.3, 0.4) is 0 Å². The van der Waals surface area contributed by atoms with Crippen molar-refractivity contribution in [2.75, 3.05) is 17.7 Å². The van der Waals surface area contributed by atoms with Crippen molar-refractivity contribution in [3.05, 3.63) is 53.6 Å². The molecule has 3 rings (SSSR count). The lowest BCUT2D eigenvalue weighted by molar-refractivity contribution is -0.115. The maximum Gasteiger partial charge on any atom is 0.237 e. The first-order valence-corrected chi connectivity index (χ1v) is 11.0. The molecule has 29 heavy (non-hydrogen) atoms. The maximum atomic E-state index is 12.6. The summed E-state index contributed by atoms with van der Waals surface area (Å²) in [6, 6.07) is 13.6. The first-order chi connectivity index (χ1) is 14.0. The van der Waals surface area contributed by atoms with E-state index in [1.807, 2.05) is 31.2 Å². The molecule has 0 spiro atoms. The number of anilines is 3. The number of carbonyl (C=O) groups is 1. The summed E-state index contributed by atoms with van der Waals surface area (Å²) in [5.74, 6) is 0.516. The van der Waals surface area contributed by atoms with E-state index >= 15 is 0 Å². The summed E-state index contributed by atoms with van der Waals surface area (Å²) in [4.78, 5) is 12.6. The zero-order valence-electron chi connectivity index (χ0n) is 16.9. The van der Waals surface area contributed by atoms with E-state index in [4.69, 9.17) is 4.74 Å². The number of thioether (sulfide) groups is 1. The number of para-hydroxylation sites is 3. The number of hydrogen-bond acceptors (Lipinski definition) is 7. The van der Waals surface area contributed by atoms with Crippen LogP contribution in [0, 0.1) is 6.92 Å². The molecule has 2 aromatic carbocycles. The average Bonchev–Trinajstić information content (AvgIpc) is 3.16. The Balaban J connectivity index is 1.64. The van der Waals surface area contributed by atoms with Crippen LogP contribution < -0.4 is 15.4 Å². The summed E-state index contributed by atoms with van der Waals surface area (Å²) >= 11 is 2.82. The van der Waals surface area contributed by atoms with Crippen LogP contribution in [0.4, 0.5) is 16.5 Å². The molecule has 0 saturated carbocycles. The molecule has 8 heteroatoms. The van der Waals surface area contributed by atoms with E-state index in [0.29, 0.717) is 16.6 Å². The molecule has 1 atom stereocenters. The van der Waals surface area contributed by atoms with Gasteiger partial charge in [0.05, 0.1) is 18.0 Å². The highest BCUT2D eigenvalue weighted by atomic mass is 32.2. The number of benzene rings is 2. The molecule has 6 nitrogen and oxygen atoms in total. The van der Waals surface area contributed by atoms with Crippen LogP contribution in [0.1, 0.15) is 25.0 Å². The largest absolute Gasteiger partial charge is 0.495 e. The van der Waals surface area contributed by atoms with Gasteiger partial charge in [-0.1, -0.05) is 60.4 Å². The van der Waals surface area contributed by atoms with Gasteiger partial charge in [0.15, 0.2) is 4.34 Å². The molecular formula is C21H24N4O2S2. The van der Waals surface area contributed by atoms with E-state index in [1.54, 1.807) is 7.11 Å². The Morgan fingerprint density at radius 3 is 2.76 bits per heavy atom. The van der Waals surface area contributed by atoms with Crippen LogP contribution in [0.5, 0.6) is 5.75 Å². The van der Waals surface area contributed by atoms with Crippen molar-refractivity contribution in [1.82, 2.24) is 10.2 Å². The zero-order valence-corrected chi connectivity index (χ0v) is 18.5. The van der Waals surface area contributed by atoms with Crippen molar-refractivity contribution in [2.45, 2.75) is 36.8 Å². The van der Waals surface area contributed by atoms with E-state index in [0.717, 1.165) is 16.4 Å². The lowest BCUT2D eigenvalue weighted by atomic mass is 10.1. The molecule has 1 aromatic heterocycles. The van der Waals surface area contributed by atoms with Gasteiger partial charge in [-0.15, -0.1) is 10.2 Å². The molecule has 0 aliphatic heterocycles. The highest BCUT2D eigenvalue weighted by molar-refractivity contribution is 8.02. The van der Waals surface area contributed by atoms with Gasteiger partial charge in [-0.05, 0) is 43.5 Å². The molecule has 2 N–H and O–H groups in total. The Bertz CT molecular complexity index is 990. The molecular weight excluding hydrogens is 404 g/mol. The van der Waals surface area contributed by atoms with Crippen molar-refractivity contribution in [2.24, 2.45) is 0 Å². The second kappa shape index (κ2) is 9.76. The Morgan fingerprint density at radius 2 is 2.00 bits per heavy atom. The fraction of sp³-hybridized carbons (Fsp3) is 0.286. The number of aryl methyl sites for hydroxylation is 2. The van der Waals surface area contributed by atoms with Crippen molar-refractivity contribution in [3.63, 3.8) is 0 Å². The van der Waals surface area contributed by atoms with E-state index < -0.39 is 0 Å². The molecule has 0 radical (unpaired) electrons. The molecule has 1 unspecified atom stereocenters. The third kappa shape index (κ3) is 5.27. The van der Waals surface area contributed by atoms with Gasteiger partial charge < -0.3 is 15.4 Å². The van der Waals surface area contributed by atoms with Gasteiger partial charge >= 0.3 is 0 Å². The molecule has 1 amide bonds. The Morgan fingerprint density at radius 1 is 1.21 bits per heavy atom. The van der Waals surface area contributed by atoms with Crippen molar-refractivity contribution < 1.29 is 9.53 Å². The molecule has 0 fully saturated rings. The maximum absolute atomic E-state index is 12.6. The number of amides is 1. The first kappa shape index (κ1) is 21.1. The molecule has 0 saturated heterocycles. The van der Waals surface area contributed by atoms with E-state index in [2.05, 4.69) is 52.9 Å². The monoisotopic (exact) mass is 428 g/mol. The Kier molecular flexibility index (Phi) is 7.11. The summed E-state index contributed by atoms with van der Waals surface area (Å²) in [5, 5.41) is 15.1. The topological polar surface area (TPSA) is 76.1 Å². The normalized spacial score (nSPS) is 11.7. The number of methoxy groups -OCH3 is 1. The summed E-state index contributed by atoms with van der Waals surface area (Å²) in [6.07, 6.45) is 0.935. The molecule has 1 heterocycles. The third-order valence-corrected chi connectivity index (χ3v) is 6.41. The third-order valence-electron chi connectivity index (χ3n) is 4.39. The SMILES string of the molecule is CCc1cccc(C)c1Nc1nnc(SC(C)C(=O)Nc2ccccc2OC)s1. The van der Waals surface area contributed by atoms with Gasteiger partial charge in [0, 0.05) is 5.69 Å². The lowest BCUT2D eigenvalue weighted by Crippen LogP contribution is -2.22. The highest BCUT2D eigenvalue weighted by Gasteiger charge is 2.19. The lowest BCUT2D eigenvalue weighted by Gasteiger charge is -2.13. The quantitative estimate of drug-likeness (QED) is 0.475. The molecule has 152 valence electrons. The number of hydrogen-bond donors (Lipinski definition) is 2. The van der Waals surface area contributed by atoms with Crippen LogP contribution >= 0.6 is 23.1 Å². The van der Waals surface area contributed by atoms with Gasteiger partial charge in [0.25, 0.3) is 0 Å². The van der Waals surface area contributed by atoms with Crippen LogP contribution in [0.2, 0.25) is 0 Å². The number of nitrogens with zero attached hydrogens (tertiary/aromatic N) is 2. The van der Waals surface area contributed by atoms with Crippen molar-refractivity contribution in [1.29, 1.82) is 0 Å². The van der Waals surface area contributed by atoms with Gasteiger partial charge in [-0.3, -0.25) is 4.79 Å². The number of nitrogens with one attached hydrogen (secondary N) is 2. The fourth-order valence-electron chi connectivity index (χ4n) is 2.80. The minimum absolute atomic E-state index is 0.114. The van der Waals surface area contributed by atoms with Gasteiger partial charge in [0.1, 0.15) is 5.75 Å². The predicted molar refractivity (Wildman–Crippen MR) is 121 cm³/mol. The predicted octanol–water partition coefficient (Wildman–Crippen LogP) is 5.28. The second-order valence-electron chi connectivity index (χ2n) is 6.41. The molecule has 0 bridgehead atoms. The number of carbonyl (C=O) groups excluding carboxylic acids is 1. The smallest absolute Gasteiger partial charge is 0.237 e. The molecule has 0 aliphatic rings. The van der Waals surface area contributed by atoms with Gasteiger partial charge in [-0.25, -0.2) is 0 Å². The minimum atomic E-state index is -0.328. The van der Waals surface area contributed by atoms with E-state index in [9.17, 15) is 4.79 Å². The Hall–Kier alpha value is -2.58. The van der Waals surface area contributed by atoms with Crippen molar-refractivity contribution >= 4 is 45.5 Å². The van der Waals surface area contributed by atoms with Crippen LogP contribution in [0.15, 0.2) is 46.8 Å².